The molecule has 6 nitrogen and oxygen atoms in total. The molecule has 0 saturated heterocycles. The number of nitrogens with one attached hydrogen (secondary N) is 2. The molecule has 0 unspecified atom stereocenters. The summed E-state index contributed by atoms with van der Waals surface area (Å²) in [4.78, 5) is 27.2. The Balaban J connectivity index is 2.06. The first-order valence-corrected chi connectivity index (χ1v) is 8.28. The minimum Gasteiger partial charge on any atom is -0.497 e. The minimum atomic E-state index is -1.25. The monoisotopic (exact) mass is 355 g/mol. The molecule has 0 aliphatic heterocycles. The van der Waals surface area contributed by atoms with Gasteiger partial charge < -0.3 is 20.3 Å². The lowest BCUT2D eigenvalue weighted by Crippen LogP contribution is -2.41. The van der Waals surface area contributed by atoms with E-state index in [9.17, 15) is 9.59 Å². The minimum absolute atomic E-state index is 0.379. The standard InChI is InChI=1S/C20H25N3O3/c1-20(2,19(25)22-15-7-6-8-17(13-15)26-5)18(24)21-14-9-11-16(12-10-14)23(3)4/h6-13H,1-5H3,(H,21,24)(H,22,25). The Morgan fingerprint density at radius 3 is 2.04 bits per heavy atom. The summed E-state index contributed by atoms with van der Waals surface area (Å²) >= 11 is 0. The summed E-state index contributed by atoms with van der Waals surface area (Å²) in [6, 6.07) is 14.4. The molecule has 6 heteroatoms. The number of amides is 2. The lowest BCUT2D eigenvalue weighted by Gasteiger charge is -2.23. The highest BCUT2D eigenvalue weighted by Gasteiger charge is 2.36. The third-order valence-electron chi connectivity index (χ3n) is 4.10. The highest BCUT2D eigenvalue weighted by molar-refractivity contribution is 6.14. The van der Waals surface area contributed by atoms with E-state index in [2.05, 4.69) is 10.6 Å². The zero-order valence-electron chi connectivity index (χ0n) is 15.8. The van der Waals surface area contributed by atoms with E-state index in [1.807, 2.05) is 43.3 Å². The maximum atomic E-state index is 12.6. The van der Waals surface area contributed by atoms with Gasteiger partial charge in [-0.05, 0) is 50.2 Å². The molecular formula is C20H25N3O3. The van der Waals surface area contributed by atoms with Gasteiger partial charge in [-0.1, -0.05) is 6.07 Å². The molecule has 0 spiro atoms. The maximum absolute atomic E-state index is 12.6. The van der Waals surface area contributed by atoms with Gasteiger partial charge in [0.2, 0.25) is 11.8 Å². The molecule has 0 aliphatic rings. The summed E-state index contributed by atoms with van der Waals surface area (Å²) in [5.41, 5.74) is 0.995. The number of nitrogens with zero attached hydrogens (tertiary/aromatic N) is 1. The molecule has 2 amide bonds. The van der Waals surface area contributed by atoms with Crippen LogP contribution in [0.15, 0.2) is 48.5 Å². The average Bonchev–Trinajstić information content (AvgIpc) is 2.62. The summed E-state index contributed by atoms with van der Waals surface area (Å²) in [7, 11) is 5.44. The number of ether oxygens (including phenoxy) is 1. The van der Waals surface area contributed by atoms with Gasteiger partial charge in [-0.15, -0.1) is 0 Å². The molecule has 2 N–H and O–H groups in total. The van der Waals surface area contributed by atoms with Crippen LogP contribution >= 0.6 is 0 Å². The van der Waals surface area contributed by atoms with E-state index in [4.69, 9.17) is 4.74 Å². The van der Waals surface area contributed by atoms with E-state index in [-0.39, 0.29) is 5.91 Å². The normalized spacial score (nSPS) is 10.8. The second-order valence-corrected chi connectivity index (χ2v) is 6.71. The van der Waals surface area contributed by atoms with Gasteiger partial charge in [0.25, 0.3) is 0 Å². The van der Waals surface area contributed by atoms with Crippen molar-refractivity contribution in [2.24, 2.45) is 5.41 Å². The molecule has 0 bridgehead atoms. The van der Waals surface area contributed by atoms with Crippen LogP contribution in [0, 0.1) is 5.41 Å². The Bertz CT molecular complexity index is 783. The molecule has 0 aromatic heterocycles. The van der Waals surface area contributed by atoms with Crippen LogP contribution in [-0.2, 0) is 9.59 Å². The molecule has 138 valence electrons. The van der Waals surface area contributed by atoms with Crippen molar-refractivity contribution in [3.8, 4) is 5.75 Å². The van der Waals surface area contributed by atoms with E-state index < -0.39 is 11.3 Å². The fourth-order valence-corrected chi connectivity index (χ4v) is 2.22. The first-order valence-electron chi connectivity index (χ1n) is 8.28. The van der Waals surface area contributed by atoms with Gasteiger partial charge in [0, 0.05) is 37.2 Å². The highest BCUT2D eigenvalue weighted by atomic mass is 16.5. The van der Waals surface area contributed by atoms with Gasteiger partial charge in [-0.25, -0.2) is 0 Å². The molecular weight excluding hydrogens is 330 g/mol. The van der Waals surface area contributed by atoms with Crippen molar-refractivity contribution in [3.63, 3.8) is 0 Å². The number of methoxy groups -OCH3 is 1. The molecule has 2 aromatic carbocycles. The Hall–Kier alpha value is -3.02. The smallest absolute Gasteiger partial charge is 0.239 e. The molecule has 0 atom stereocenters. The van der Waals surface area contributed by atoms with Crippen LogP contribution in [0.5, 0.6) is 5.75 Å². The van der Waals surface area contributed by atoms with Crippen molar-refractivity contribution in [3.05, 3.63) is 48.5 Å². The summed E-state index contributed by atoms with van der Waals surface area (Å²) in [5.74, 6) is -0.144. The molecule has 0 radical (unpaired) electrons. The first-order chi connectivity index (χ1) is 12.2. The average molecular weight is 355 g/mol. The van der Waals surface area contributed by atoms with Crippen molar-refractivity contribution < 1.29 is 14.3 Å². The van der Waals surface area contributed by atoms with Gasteiger partial charge in [0.1, 0.15) is 11.2 Å². The summed E-state index contributed by atoms with van der Waals surface area (Å²) in [6.07, 6.45) is 0. The third kappa shape index (κ3) is 4.53. The van der Waals surface area contributed by atoms with Gasteiger partial charge >= 0.3 is 0 Å². The lowest BCUT2D eigenvalue weighted by molar-refractivity contribution is -0.135. The second kappa shape index (κ2) is 7.91. The van der Waals surface area contributed by atoms with Crippen LogP contribution in [0.4, 0.5) is 17.1 Å². The molecule has 2 rings (SSSR count). The Morgan fingerprint density at radius 2 is 1.50 bits per heavy atom. The van der Waals surface area contributed by atoms with E-state index in [1.165, 1.54) is 0 Å². The van der Waals surface area contributed by atoms with Crippen LogP contribution in [0.2, 0.25) is 0 Å². The van der Waals surface area contributed by atoms with Crippen LogP contribution in [0.1, 0.15) is 13.8 Å². The van der Waals surface area contributed by atoms with E-state index in [0.29, 0.717) is 17.1 Å². The van der Waals surface area contributed by atoms with Crippen LogP contribution in [0.25, 0.3) is 0 Å². The van der Waals surface area contributed by atoms with Crippen molar-refractivity contribution in [1.82, 2.24) is 0 Å². The lowest BCUT2D eigenvalue weighted by atomic mass is 9.90. The van der Waals surface area contributed by atoms with Gasteiger partial charge in [0.05, 0.1) is 7.11 Å². The topological polar surface area (TPSA) is 70.7 Å². The van der Waals surface area contributed by atoms with Gasteiger partial charge in [-0.2, -0.15) is 0 Å². The van der Waals surface area contributed by atoms with Crippen molar-refractivity contribution in [2.75, 3.05) is 36.7 Å². The van der Waals surface area contributed by atoms with Crippen LogP contribution in [-0.4, -0.2) is 33.0 Å². The van der Waals surface area contributed by atoms with E-state index >= 15 is 0 Å². The number of anilines is 3. The Labute approximate surface area is 154 Å². The van der Waals surface area contributed by atoms with Crippen molar-refractivity contribution in [2.45, 2.75) is 13.8 Å². The number of carbonyl (C=O) groups excluding carboxylic acids is 2. The number of benzene rings is 2. The van der Waals surface area contributed by atoms with Gasteiger partial charge in [-0.3, -0.25) is 9.59 Å². The largest absolute Gasteiger partial charge is 0.497 e. The number of carbonyl (C=O) groups is 2. The third-order valence-corrected chi connectivity index (χ3v) is 4.10. The molecule has 2 aromatic rings. The first kappa shape index (κ1) is 19.3. The van der Waals surface area contributed by atoms with Gasteiger partial charge in [0.15, 0.2) is 0 Å². The van der Waals surface area contributed by atoms with E-state index in [1.54, 1.807) is 45.2 Å². The molecule has 0 saturated carbocycles. The summed E-state index contributed by atoms with van der Waals surface area (Å²) in [5, 5.41) is 5.56. The molecule has 0 aliphatic carbocycles. The maximum Gasteiger partial charge on any atom is 0.239 e. The van der Waals surface area contributed by atoms with Crippen molar-refractivity contribution >= 4 is 28.9 Å². The summed E-state index contributed by atoms with van der Waals surface area (Å²) in [6.45, 7) is 3.18. The zero-order valence-corrected chi connectivity index (χ0v) is 15.8. The highest BCUT2D eigenvalue weighted by Crippen LogP contribution is 2.24. The molecule has 26 heavy (non-hydrogen) atoms. The zero-order chi connectivity index (χ0) is 19.3. The predicted molar refractivity (Wildman–Crippen MR) is 105 cm³/mol. The molecule has 0 heterocycles. The summed E-state index contributed by atoms with van der Waals surface area (Å²) < 4.78 is 5.14. The van der Waals surface area contributed by atoms with E-state index in [0.717, 1.165) is 5.69 Å². The fourth-order valence-electron chi connectivity index (χ4n) is 2.22. The number of hydrogen-bond acceptors (Lipinski definition) is 4. The second-order valence-electron chi connectivity index (χ2n) is 6.71. The predicted octanol–water partition coefficient (Wildman–Crippen LogP) is 3.36. The van der Waals surface area contributed by atoms with Crippen LogP contribution < -0.4 is 20.3 Å². The SMILES string of the molecule is COc1cccc(NC(=O)C(C)(C)C(=O)Nc2ccc(N(C)C)cc2)c1. The number of hydrogen-bond donors (Lipinski definition) is 2. The number of rotatable bonds is 6. The molecule has 0 fully saturated rings. The Kier molecular flexibility index (Phi) is 5.87. The van der Waals surface area contributed by atoms with Crippen molar-refractivity contribution in [1.29, 1.82) is 0 Å². The fraction of sp³-hybridized carbons (Fsp3) is 0.300. The Morgan fingerprint density at radius 1 is 0.923 bits per heavy atom. The van der Waals surface area contributed by atoms with Crippen LogP contribution in [0.3, 0.4) is 0 Å². The quantitative estimate of drug-likeness (QED) is 0.780.